The third kappa shape index (κ3) is 4.26. The Morgan fingerprint density at radius 2 is 2.05 bits per heavy atom. The van der Waals surface area contributed by atoms with Gasteiger partial charge in [0.15, 0.2) is 11.6 Å². The predicted octanol–water partition coefficient (Wildman–Crippen LogP) is 2.61. The van der Waals surface area contributed by atoms with Crippen LogP contribution >= 0.6 is 0 Å². The van der Waals surface area contributed by atoms with Gasteiger partial charge in [0.25, 0.3) is 0 Å². The fraction of sp³-hybridized carbons (Fsp3) is 0.500. The van der Waals surface area contributed by atoms with Crippen LogP contribution in [0.4, 0.5) is 8.78 Å². The van der Waals surface area contributed by atoms with Crippen molar-refractivity contribution in [2.75, 3.05) is 13.1 Å². The second-order valence-electron chi connectivity index (χ2n) is 5.62. The average molecular weight is 311 g/mol. The van der Waals surface area contributed by atoms with Gasteiger partial charge in [-0.2, -0.15) is 0 Å². The van der Waals surface area contributed by atoms with Crippen LogP contribution in [0.3, 0.4) is 0 Å². The molecule has 4 nitrogen and oxygen atoms in total. The highest BCUT2D eigenvalue weighted by Gasteiger charge is 2.27. The number of piperidine rings is 1. The lowest BCUT2D eigenvalue weighted by Crippen LogP contribution is -2.42. The van der Waals surface area contributed by atoms with Crippen molar-refractivity contribution in [3.8, 4) is 0 Å². The molecule has 1 aromatic carbocycles. The Balaban J connectivity index is 1.79. The summed E-state index contributed by atoms with van der Waals surface area (Å²) in [5.74, 6) is -3.19. The van der Waals surface area contributed by atoms with Crippen LogP contribution in [0.5, 0.6) is 0 Å². The normalized spacial score (nSPS) is 18.3. The molecule has 0 aliphatic carbocycles. The Morgan fingerprint density at radius 3 is 2.73 bits per heavy atom. The summed E-state index contributed by atoms with van der Waals surface area (Å²) in [5.41, 5.74) is 0.647. The first-order valence-electron chi connectivity index (χ1n) is 7.42. The Kier molecular flexibility index (Phi) is 5.46. The molecule has 1 N–H and O–H groups in total. The number of likely N-dealkylation sites (tertiary alicyclic amines) is 1. The van der Waals surface area contributed by atoms with Gasteiger partial charge >= 0.3 is 5.97 Å². The van der Waals surface area contributed by atoms with Crippen molar-refractivity contribution < 1.29 is 23.5 Å². The second-order valence-corrected chi connectivity index (χ2v) is 5.62. The quantitative estimate of drug-likeness (QED) is 0.909. The Labute approximate surface area is 127 Å². The number of benzene rings is 1. The average Bonchev–Trinajstić information content (AvgIpc) is 2.51. The highest BCUT2D eigenvalue weighted by molar-refractivity contribution is 5.78. The highest BCUT2D eigenvalue weighted by Crippen LogP contribution is 2.18. The van der Waals surface area contributed by atoms with E-state index in [9.17, 15) is 18.4 Å². The lowest BCUT2D eigenvalue weighted by Gasteiger charge is -2.30. The van der Waals surface area contributed by atoms with Crippen LogP contribution < -0.4 is 0 Å². The standard InChI is InChI=1S/C16H19F2NO3/c17-13-7-6-11(9-14(13)18)3-1-5-15(20)19-8-2-4-12(10-19)16(21)22/h6-7,9,12H,1-5,8,10H2,(H,21,22)/t12-/m0/s1. The molecule has 1 aliphatic heterocycles. The maximum absolute atomic E-state index is 13.1. The molecular formula is C16H19F2NO3. The van der Waals surface area contributed by atoms with Gasteiger partial charge in [-0.15, -0.1) is 0 Å². The topological polar surface area (TPSA) is 57.6 Å². The van der Waals surface area contributed by atoms with E-state index < -0.39 is 23.5 Å². The zero-order chi connectivity index (χ0) is 16.1. The molecule has 2 rings (SSSR count). The number of carboxylic acids is 1. The van der Waals surface area contributed by atoms with Crippen LogP contribution in [-0.4, -0.2) is 35.0 Å². The number of amides is 1. The number of carboxylic acid groups (broad SMARTS) is 1. The van der Waals surface area contributed by atoms with Crippen LogP contribution in [-0.2, 0) is 16.0 Å². The van der Waals surface area contributed by atoms with Crippen LogP contribution in [0.15, 0.2) is 18.2 Å². The monoisotopic (exact) mass is 311 g/mol. The Bertz CT molecular complexity index is 562. The Morgan fingerprint density at radius 1 is 1.27 bits per heavy atom. The van der Waals surface area contributed by atoms with Crippen molar-refractivity contribution in [1.82, 2.24) is 4.90 Å². The maximum atomic E-state index is 13.1. The first-order chi connectivity index (χ1) is 10.5. The van der Waals surface area contributed by atoms with Crippen LogP contribution in [0.25, 0.3) is 0 Å². The number of nitrogens with zero attached hydrogens (tertiary/aromatic N) is 1. The van der Waals surface area contributed by atoms with Gasteiger partial charge in [0.1, 0.15) is 0 Å². The summed E-state index contributed by atoms with van der Waals surface area (Å²) in [5, 5.41) is 9.01. The number of carbonyl (C=O) groups excluding carboxylic acids is 1. The lowest BCUT2D eigenvalue weighted by molar-refractivity contribution is -0.145. The first kappa shape index (κ1) is 16.4. The molecule has 0 unspecified atom stereocenters. The molecule has 120 valence electrons. The van der Waals surface area contributed by atoms with Crippen molar-refractivity contribution in [2.45, 2.75) is 32.1 Å². The molecule has 0 aromatic heterocycles. The van der Waals surface area contributed by atoms with E-state index in [4.69, 9.17) is 5.11 Å². The first-order valence-corrected chi connectivity index (χ1v) is 7.42. The molecule has 1 fully saturated rings. The number of aryl methyl sites for hydroxylation is 1. The van der Waals surface area contributed by atoms with E-state index in [1.54, 1.807) is 4.90 Å². The molecule has 1 aromatic rings. The molecule has 1 saturated heterocycles. The predicted molar refractivity (Wildman–Crippen MR) is 76.2 cm³/mol. The van der Waals surface area contributed by atoms with Crippen LogP contribution in [0.1, 0.15) is 31.2 Å². The number of halogens is 2. The molecule has 0 spiro atoms. The van der Waals surface area contributed by atoms with Gasteiger partial charge in [0.05, 0.1) is 5.92 Å². The number of rotatable bonds is 5. The van der Waals surface area contributed by atoms with E-state index in [2.05, 4.69) is 0 Å². The van der Waals surface area contributed by atoms with Crippen LogP contribution in [0.2, 0.25) is 0 Å². The second kappa shape index (κ2) is 7.33. The minimum Gasteiger partial charge on any atom is -0.481 e. The zero-order valence-electron chi connectivity index (χ0n) is 12.2. The van der Waals surface area contributed by atoms with Crippen molar-refractivity contribution in [1.29, 1.82) is 0 Å². The van der Waals surface area contributed by atoms with Gasteiger partial charge < -0.3 is 10.0 Å². The summed E-state index contributed by atoms with van der Waals surface area (Å²) in [4.78, 5) is 24.6. The third-order valence-electron chi connectivity index (χ3n) is 3.96. The number of carbonyl (C=O) groups is 2. The van der Waals surface area contributed by atoms with Gasteiger partial charge in [-0.3, -0.25) is 9.59 Å². The molecular weight excluding hydrogens is 292 g/mol. The largest absolute Gasteiger partial charge is 0.481 e. The summed E-state index contributed by atoms with van der Waals surface area (Å²) in [6.45, 7) is 0.854. The van der Waals surface area contributed by atoms with Gasteiger partial charge in [-0.25, -0.2) is 8.78 Å². The number of hydrogen-bond acceptors (Lipinski definition) is 2. The van der Waals surface area contributed by atoms with Crippen LogP contribution in [0, 0.1) is 17.6 Å². The highest BCUT2D eigenvalue weighted by atomic mass is 19.2. The molecule has 1 atom stereocenters. The van der Waals surface area contributed by atoms with E-state index in [0.29, 0.717) is 37.8 Å². The van der Waals surface area contributed by atoms with Gasteiger partial charge in [-0.1, -0.05) is 6.07 Å². The third-order valence-corrected chi connectivity index (χ3v) is 3.96. The molecule has 1 aliphatic rings. The zero-order valence-corrected chi connectivity index (χ0v) is 12.2. The van der Waals surface area contributed by atoms with Crippen molar-refractivity contribution in [3.05, 3.63) is 35.4 Å². The summed E-state index contributed by atoms with van der Waals surface area (Å²) in [6, 6.07) is 3.72. The maximum Gasteiger partial charge on any atom is 0.308 e. The molecule has 0 bridgehead atoms. The molecule has 0 radical (unpaired) electrons. The van der Waals surface area contributed by atoms with E-state index in [0.717, 1.165) is 12.1 Å². The van der Waals surface area contributed by atoms with E-state index in [1.807, 2.05) is 0 Å². The minimum atomic E-state index is -0.885. The van der Waals surface area contributed by atoms with Crippen molar-refractivity contribution in [3.63, 3.8) is 0 Å². The smallest absolute Gasteiger partial charge is 0.308 e. The molecule has 1 amide bonds. The van der Waals surface area contributed by atoms with Crippen molar-refractivity contribution >= 4 is 11.9 Å². The van der Waals surface area contributed by atoms with E-state index in [1.165, 1.54) is 6.07 Å². The molecule has 0 saturated carbocycles. The fourth-order valence-electron chi connectivity index (χ4n) is 2.70. The number of aliphatic carboxylic acids is 1. The van der Waals surface area contributed by atoms with Gasteiger partial charge in [0, 0.05) is 19.5 Å². The minimum absolute atomic E-state index is 0.0754. The summed E-state index contributed by atoms with van der Waals surface area (Å²) < 4.78 is 25.9. The van der Waals surface area contributed by atoms with E-state index >= 15 is 0 Å². The van der Waals surface area contributed by atoms with Crippen molar-refractivity contribution in [2.24, 2.45) is 5.92 Å². The summed E-state index contributed by atoms with van der Waals surface area (Å²) in [6.07, 6.45) is 2.60. The number of hydrogen-bond donors (Lipinski definition) is 1. The molecule has 1 heterocycles. The summed E-state index contributed by atoms with van der Waals surface area (Å²) >= 11 is 0. The lowest BCUT2D eigenvalue weighted by atomic mass is 9.97. The van der Waals surface area contributed by atoms with Gasteiger partial charge in [0.2, 0.25) is 5.91 Å². The molecule has 22 heavy (non-hydrogen) atoms. The summed E-state index contributed by atoms with van der Waals surface area (Å²) in [7, 11) is 0. The SMILES string of the molecule is O=C(O)[C@H]1CCCN(C(=O)CCCc2ccc(F)c(F)c2)C1. The fourth-order valence-corrected chi connectivity index (χ4v) is 2.70. The molecule has 6 heteroatoms. The van der Waals surface area contributed by atoms with E-state index in [-0.39, 0.29) is 18.9 Å². The van der Waals surface area contributed by atoms with Gasteiger partial charge in [-0.05, 0) is 43.4 Å². The Hall–Kier alpha value is -1.98.